The fourth-order valence-electron chi connectivity index (χ4n) is 1.83. The van der Waals surface area contributed by atoms with Crippen LogP contribution in [0.3, 0.4) is 0 Å². The summed E-state index contributed by atoms with van der Waals surface area (Å²) in [7, 11) is 1.68. The molecule has 0 aliphatic heterocycles. The maximum absolute atomic E-state index is 11.3. The first-order chi connectivity index (χ1) is 9.22. The van der Waals surface area contributed by atoms with E-state index in [-0.39, 0.29) is 0 Å². The number of amides is 1. The molecule has 100 valence electrons. The molecule has 0 unspecified atom stereocenters. The van der Waals surface area contributed by atoms with E-state index in [9.17, 15) is 4.79 Å². The van der Waals surface area contributed by atoms with Gasteiger partial charge < -0.3 is 10.5 Å². The first-order valence-corrected chi connectivity index (χ1v) is 6.88. The molecule has 5 heteroatoms. The predicted molar refractivity (Wildman–Crippen MR) is 76.3 cm³/mol. The van der Waals surface area contributed by atoms with E-state index in [1.165, 1.54) is 11.3 Å². The van der Waals surface area contributed by atoms with Gasteiger partial charge in [0.1, 0.15) is 0 Å². The second-order valence-corrected chi connectivity index (χ2v) is 5.20. The summed E-state index contributed by atoms with van der Waals surface area (Å²) in [5.74, 6) is -0.472. The van der Waals surface area contributed by atoms with Crippen LogP contribution in [-0.2, 0) is 11.2 Å². The number of nitrogens with zero attached hydrogens (tertiary/aromatic N) is 1. The molecule has 4 nitrogen and oxygen atoms in total. The topological polar surface area (TPSA) is 65.2 Å². The average Bonchev–Trinajstić information content (AvgIpc) is 2.84. The monoisotopic (exact) mass is 276 g/mol. The van der Waals surface area contributed by atoms with E-state index in [1.807, 2.05) is 30.3 Å². The summed E-state index contributed by atoms with van der Waals surface area (Å²) in [5.41, 5.74) is 7.18. The summed E-state index contributed by atoms with van der Waals surface area (Å²) < 4.78 is 5.06. The smallest absolute Gasteiger partial charge is 0.277 e. The van der Waals surface area contributed by atoms with E-state index >= 15 is 0 Å². The lowest BCUT2D eigenvalue weighted by Gasteiger charge is -2.02. The standard InChI is InChI=1S/C14H16N2O2S/c1-18-9-5-8-11-12(10-6-3-2-4-7-10)16-14(19-11)13(15)17/h2-4,6-7H,5,8-9H2,1H3,(H2,15,17). The van der Waals surface area contributed by atoms with Crippen molar-refractivity contribution in [3.05, 3.63) is 40.2 Å². The first-order valence-electron chi connectivity index (χ1n) is 6.06. The van der Waals surface area contributed by atoms with Gasteiger partial charge in [0.2, 0.25) is 0 Å². The number of ether oxygens (including phenoxy) is 1. The molecule has 0 radical (unpaired) electrons. The fraction of sp³-hybridized carbons (Fsp3) is 0.286. The van der Waals surface area contributed by atoms with Crippen LogP contribution in [0.4, 0.5) is 0 Å². The molecule has 0 aliphatic carbocycles. The Morgan fingerprint density at radius 2 is 2.11 bits per heavy atom. The molecule has 0 spiro atoms. The van der Waals surface area contributed by atoms with Gasteiger partial charge in [-0.05, 0) is 12.8 Å². The number of primary amides is 1. The van der Waals surface area contributed by atoms with Gasteiger partial charge in [-0.2, -0.15) is 0 Å². The summed E-state index contributed by atoms with van der Waals surface area (Å²) in [6.07, 6.45) is 1.74. The number of hydrogen-bond donors (Lipinski definition) is 1. The molecule has 0 aliphatic rings. The van der Waals surface area contributed by atoms with Gasteiger partial charge in [-0.25, -0.2) is 4.98 Å². The zero-order valence-corrected chi connectivity index (χ0v) is 11.6. The summed E-state index contributed by atoms with van der Waals surface area (Å²) in [6, 6.07) is 9.84. The third-order valence-electron chi connectivity index (χ3n) is 2.71. The SMILES string of the molecule is COCCCc1sc(C(N)=O)nc1-c1ccccc1. The Kier molecular flexibility index (Phi) is 4.65. The number of aryl methyl sites for hydroxylation is 1. The van der Waals surface area contributed by atoms with E-state index in [1.54, 1.807) is 7.11 Å². The maximum Gasteiger partial charge on any atom is 0.277 e. The van der Waals surface area contributed by atoms with Crippen molar-refractivity contribution in [2.75, 3.05) is 13.7 Å². The van der Waals surface area contributed by atoms with Gasteiger partial charge in [0.25, 0.3) is 5.91 Å². The maximum atomic E-state index is 11.3. The van der Waals surface area contributed by atoms with E-state index in [0.29, 0.717) is 11.6 Å². The second-order valence-electron chi connectivity index (χ2n) is 4.12. The minimum Gasteiger partial charge on any atom is -0.385 e. The minimum absolute atomic E-state index is 0.367. The van der Waals surface area contributed by atoms with Crippen LogP contribution in [0.15, 0.2) is 30.3 Å². The Bertz CT molecular complexity index is 552. The third-order valence-corrected chi connectivity index (χ3v) is 3.84. The quantitative estimate of drug-likeness (QED) is 0.824. The molecule has 2 rings (SSSR count). The third kappa shape index (κ3) is 3.39. The molecule has 19 heavy (non-hydrogen) atoms. The van der Waals surface area contributed by atoms with Gasteiger partial charge in [0, 0.05) is 24.2 Å². The number of aromatic nitrogens is 1. The van der Waals surface area contributed by atoms with Gasteiger partial charge in [0.05, 0.1) is 5.69 Å². The largest absolute Gasteiger partial charge is 0.385 e. The number of benzene rings is 1. The highest BCUT2D eigenvalue weighted by atomic mass is 32.1. The second kappa shape index (κ2) is 6.45. The highest BCUT2D eigenvalue weighted by Crippen LogP contribution is 2.29. The van der Waals surface area contributed by atoms with Crippen molar-refractivity contribution in [3.8, 4) is 11.3 Å². The van der Waals surface area contributed by atoms with Crippen LogP contribution in [-0.4, -0.2) is 24.6 Å². The lowest BCUT2D eigenvalue weighted by molar-refractivity contribution is 0.1000. The number of carbonyl (C=O) groups is 1. The molecule has 0 saturated carbocycles. The van der Waals surface area contributed by atoms with Crippen LogP contribution in [0.5, 0.6) is 0 Å². The van der Waals surface area contributed by atoms with Crippen LogP contribution < -0.4 is 5.73 Å². The Hall–Kier alpha value is -1.72. The average molecular weight is 276 g/mol. The number of carbonyl (C=O) groups excluding carboxylic acids is 1. The van der Waals surface area contributed by atoms with E-state index in [2.05, 4.69) is 4.98 Å². The lowest BCUT2D eigenvalue weighted by Crippen LogP contribution is -2.10. The van der Waals surface area contributed by atoms with Crippen molar-refractivity contribution in [1.82, 2.24) is 4.98 Å². The lowest BCUT2D eigenvalue weighted by atomic mass is 10.1. The zero-order valence-electron chi connectivity index (χ0n) is 10.8. The molecule has 2 aromatic rings. The van der Waals surface area contributed by atoms with Crippen LogP contribution in [0.25, 0.3) is 11.3 Å². The van der Waals surface area contributed by atoms with Crippen molar-refractivity contribution in [2.24, 2.45) is 5.73 Å². The van der Waals surface area contributed by atoms with E-state index in [4.69, 9.17) is 10.5 Å². The zero-order chi connectivity index (χ0) is 13.7. The van der Waals surface area contributed by atoms with Crippen LogP contribution in [0.2, 0.25) is 0 Å². The molecule has 1 heterocycles. The number of hydrogen-bond acceptors (Lipinski definition) is 4. The van der Waals surface area contributed by atoms with Crippen LogP contribution in [0, 0.1) is 0 Å². The van der Waals surface area contributed by atoms with E-state index in [0.717, 1.165) is 29.0 Å². The Morgan fingerprint density at radius 3 is 2.74 bits per heavy atom. The van der Waals surface area contributed by atoms with Gasteiger partial charge in [-0.15, -0.1) is 11.3 Å². The number of rotatable bonds is 6. The number of thiazole rings is 1. The molecule has 0 saturated heterocycles. The summed E-state index contributed by atoms with van der Waals surface area (Å²) in [5, 5.41) is 0.367. The van der Waals surface area contributed by atoms with Crippen molar-refractivity contribution in [3.63, 3.8) is 0 Å². The number of methoxy groups -OCH3 is 1. The molecule has 2 N–H and O–H groups in total. The molecular formula is C14H16N2O2S. The van der Waals surface area contributed by atoms with E-state index < -0.39 is 5.91 Å². The predicted octanol–water partition coefficient (Wildman–Crippen LogP) is 2.49. The first kappa shape index (κ1) is 13.7. The fourth-order valence-corrected chi connectivity index (χ4v) is 2.80. The summed E-state index contributed by atoms with van der Waals surface area (Å²) >= 11 is 1.37. The normalized spacial score (nSPS) is 10.6. The van der Waals surface area contributed by atoms with Crippen molar-refractivity contribution >= 4 is 17.2 Å². The minimum atomic E-state index is -0.472. The molecule has 1 aromatic carbocycles. The molecule has 0 fully saturated rings. The highest BCUT2D eigenvalue weighted by molar-refractivity contribution is 7.14. The highest BCUT2D eigenvalue weighted by Gasteiger charge is 2.15. The molecule has 0 bridgehead atoms. The Balaban J connectivity index is 2.32. The molecule has 0 atom stereocenters. The Labute approximate surface area is 116 Å². The van der Waals surface area contributed by atoms with Crippen molar-refractivity contribution in [1.29, 1.82) is 0 Å². The molecule has 1 amide bonds. The summed E-state index contributed by atoms with van der Waals surface area (Å²) in [4.78, 5) is 16.7. The van der Waals surface area contributed by atoms with Gasteiger partial charge in [-0.1, -0.05) is 30.3 Å². The Morgan fingerprint density at radius 1 is 1.37 bits per heavy atom. The van der Waals surface area contributed by atoms with Crippen molar-refractivity contribution < 1.29 is 9.53 Å². The van der Waals surface area contributed by atoms with Crippen molar-refractivity contribution in [2.45, 2.75) is 12.8 Å². The summed E-state index contributed by atoms with van der Waals surface area (Å²) in [6.45, 7) is 0.692. The van der Waals surface area contributed by atoms with Crippen LogP contribution >= 0.6 is 11.3 Å². The molecule has 1 aromatic heterocycles. The van der Waals surface area contributed by atoms with Crippen LogP contribution in [0.1, 0.15) is 21.1 Å². The van der Waals surface area contributed by atoms with Gasteiger partial charge in [-0.3, -0.25) is 4.79 Å². The molecular weight excluding hydrogens is 260 g/mol. The van der Waals surface area contributed by atoms with Gasteiger partial charge >= 0.3 is 0 Å². The van der Waals surface area contributed by atoms with Gasteiger partial charge in [0.15, 0.2) is 5.01 Å². The number of nitrogens with two attached hydrogens (primary N) is 1.